The Hall–Kier alpha value is -3.78. The smallest absolute Gasteiger partial charge is 0.266 e. The summed E-state index contributed by atoms with van der Waals surface area (Å²) in [5, 5.41) is 4.42. The van der Waals surface area contributed by atoms with E-state index in [2.05, 4.69) is 39.1 Å². The molecule has 32 heavy (non-hydrogen) atoms. The van der Waals surface area contributed by atoms with Gasteiger partial charge in [0.25, 0.3) is 5.56 Å². The second kappa shape index (κ2) is 8.05. The third-order valence-corrected chi connectivity index (χ3v) is 5.57. The van der Waals surface area contributed by atoms with E-state index in [0.717, 1.165) is 5.69 Å². The van der Waals surface area contributed by atoms with Crippen molar-refractivity contribution in [1.29, 1.82) is 0 Å². The Bertz CT molecular complexity index is 1480. The number of H-pyrrole nitrogens is 1. The first-order valence-electron chi connectivity index (χ1n) is 10.2. The lowest BCUT2D eigenvalue weighted by molar-refractivity contribution is 0.509. The van der Waals surface area contributed by atoms with E-state index in [1.54, 1.807) is 29.1 Å². The van der Waals surface area contributed by atoms with Gasteiger partial charge >= 0.3 is 0 Å². The standard InChI is InChI=1S/C23H20ClN7O/c1-13(2)18(30-21-19-20(26-11-25-19)27-12-28-21)22-29-17-9-8-14(24)10-16(17)23(32)31(22)15-6-4-3-5-7-15/h3-13,18H,1-2H3,(H2,25,26,27,28,30)/t18-/m1/s1. The molecule has 0 spiro atoms. The van der Waals surface area contributed by atoms with Crippen molar-refractivity contribution in [3.63, 3.8) is 0 Å². The molecule has 0 aliphatic carbocycles. The summed E-state index contributed by atoms with van der Waals surface area (Å²) in [5.41, 5.74) is 2.39. The molecule has 160 valence electrons. The van der Waals surface area contributed by atoms with Crippen molar-refractivity contribution in [2.24, 2.45) is 5.92 Å². The van der Waals surface area contributed by atoms with Gasteiger partial charge in [-0.05, 0) is 36.2 Å². The molecule has 0 unspecified atom stereocenters. The molecule has 2 N–H and O–H groups in total. The van der Waals surface area contributed by atoms with Gasteiger partial charge in [-0.3, -0.25) is 9.36 Å². The van der Waals surface area contributed by atoms with E-state index in [1.807, 2.05) is 30.3 Å². The van der Waals surface area contributed by atoms with Crippen LogP contribution in [0.5, 0.6) is 0 Å². The van der Waals surface area contributed by atoms with Crippen molar-refractivity contribution < 1.29 is 0 Å². The molecule has 0 amide bonds. The van der Waals surface area contributed by atoms with E-state index in [-0.39, 0.29) is 17.5 Å². The molecule has 0 radical (unpaired) electrons. The van der Waals surface area contributed by atoms with Crippen LogP contribution < -0.4 is 10.9 Å². The summed E-state index contributed by atoms with van der Waals surface area (Å²) in [6.07, 6.45) is 3.04. The highest BCUT2D eigenvalue weighted by Crippen LogP contribution is 2.29. The van der Waals surface area contributed by atoms with Gasteiger partial charge in [-0.25, -0.2) is 19.9 Å². The molecule has 0 saturated carbocycles. The van der Waals surface area contributed by atoms with Gasteiger partial charge in [0.15, 0.2) is 11.5 Å². The third-order valence-electron chi connectivity index (χ3n) is 5.33. The summed E-state index contributed by atoms with van der Waals surface area (Å²) in [6, 6.07) is 14.3. The number of nitrogens with zero attached hydrogens (tertiary/aromatic N) is 5. The van der Waals surface area contributed by atoms with Crippen molar-refractivity contribution in [3.8, 4) is 5.69 Å². The fourth-order valence-electron chi connectivity index (χ4n) is 3.76. The van der Waals surface area contributed by atoms with Gasteiger partial charge < -0.3 is 10.3 Å². The number of hydrogen-bond donors (Lipinski definition) is 2. The Morgan fingerprint density at radius 2 is 1.88 bits per heavy atom. The molecule has 5 aromatic rings. The highest BCUT2D eigenvalue weighted by molar-refractivity contribution is 6.31. The van der Waals surface area contributed by atoms with Gasteiger partial charge in [0.05, 0.1) is 29.0 Å². The Morgan fingerprint density at radius 1 is 1.06 bits per heavy atom. The summed E-state index contributed by atoms with van der Waals surface area (Å²) < 4.78 is 1.64. The minimum Gasteiger partial charge on any atom is -0.358 e. The number of halogens is 1. The molecular formula is C23H20ClN7O. The molecule has 9 heteroatoms. The number of aromatic amines is 1. The van der Waals surface area contributed by atoms with Gasteiger partial charge in [0, 0.05) is 5.02 Å². The Labute approximate surface area is 188 Å². The molecule has 0 aliphatic rings. The molecule has 2 aromatic carbocycles. The number of aromatic nitrogens is 6. The largest absolute Gasteiger partial charge is 0.358 e. The number of anilines is 1. The van der Waals surface area contributed by atoms with E-state index in [0.29, 0.717) is 38.7 Å². The second-order valence-electron chi connectivity index (χ2n) is 7.80. The average Bonchev–Trinajstić information content (AvgIpc) is 3.28. The van der Waals surface area contributed by atoms with Crippen LogP contribution >= 0.6 is 11.6 Å². The SMILES string of the molecule is CC(C)[C@@H](Nc1ncnc2nc[nH]c12)c1nc2ccc(Cl)cc2c(=O)n1-c1ccccc1. The predicted octanol–water partition coefficient (Wildman–Crippen LogP) is 4.51. The van der Waals surface area contributed by atoms with Crippen LogP contribution in [0.25, 0.3) is 27.8 Å². The van der Waals surface area contributed by atoms with Gasteiger partial charge in [0.2, 0.25) is 0 Å². The topological polar surface area (TPSA) is 101 Å². The molecule has 0 bridgehead atoms. The third kappa shape index (κ3) is 3.48. The van der Waals surface area contributed by atoms with Crippen LogP contribution in [0.3, 0.4) is 0 Å². The Kier molecular flexibility index (Phi) is 5.07. The first-order valence-corrected chi connectivity index (χ1v) is 10.6. The lowest BCUT2D eigenvalue weighted by Gasteiger charge is -2.26. The van der Waals surface area contributed by atoms with Crippen LogP contribution in [0.15, 0.2) is 66.0 Å². The fraction of sp³-hybridized carbons (Fsp3) is 0.174. The zero-order chi connectivity index (χ0) is 22.2. The van der Waals surface area contributed by atoms with Gasteiger partial charge in [0.1, 0.15) is 17.7 Å². The van der Waals surface area contributed by atoms with Crippen LogP contribution in [0, 0.1) is 5.92 Å². The molecule has 0 saturated heterocycles. The van der Waals surface area contributed by atoms with E-state index in [9.17, 15) is 4.79 Å². The van der Waals surface area contributed by atoms with Crippen LogP contribution in [-0.2, 0) is 0 Å². The number of nitrogens with one attached hydrogen (secondary N) is 2. The predicted molar refractivity (Wildman–Crippen MR) is 125 cm³/mol. The van der Waals surface area contributed by atoms with E-state index in [1.165, 1.54) is 6.33 Å². The Balaban J connectivity index is 1.75. The minimum absolute atomic E-state index is 0.0783. The summed E-state index contributed by atoms with van der Waals surface area (Å²) in [4.78, 5) is 34.4. The Morgan fingerprint density at radius 3 is 2.66 bits per heavy atom. The van der Waals surface area contributed by atoms with Crippen LogP contribution in [0.1, 0.15) is 25.7 Å². The van der Waals surface area contributed by atoms with Crippen LogP contribution in [-0.4, -0.2) is 29.5 Å². The molecule has 3 heterocycles. The molecule has 0 aliphatic heterocycles. The number of imidazole rings is 1. The minimum atomic E-state index is -0.329. The van der Waals surface area contributed by atoms with Crippen molar-refractivity contribution in [3.05, 3.63) is 82.4 Å². The van der Waals surface area contributed by atoms with Crippen molar-refractivity contribution >= 4 is 39.5 Å². The molecule has 3 aromatic heterocycles. The number of fused-ring (bicyclic) bond motifs is 2. The molecule has 8 nitrogen and oxygen atoms in total. The maximum Gasteiger partial charge on any atom is 0.266 e. The van der Waals surface area contributed by atoms with Crippen molar-refractivity contribution in [1.82, 2.24) is 29.5 Å². The fourth-order valence-corrected chi connectivity index (χ4v) is 3.93. The van der Waals surface area contributed by atoms with Crippen LogP contribution in [0.4, 0.5) is 5.82 Å². The average molecular weight is 446 g/mol. The monoisotopic (exact) mass is 445 g/mol. The molecular weight excluding hydrogens is 426 g/mol. The van der Waals surface area contributed by atoms with Crippen molar-refractivity contribution in [2.75, 3.05) is 5.32 Å². The van der Waals surface area contributed by atoms with E-state index >= 15 is 0 Å². The number of benzene rings is 2. The molecule has 1 atom stereocenters. The maximum atomic E-state index is 13.6. The van der Waals surface area contributed by atoms with E-state index < -0.39 is 0 Å². The normalized spacial score (nSPS) is 12.5. The van der Waals surface area contributed by atoms with Gasteiger partial charge in [-0.2, -0.15) is 0 Å². The van der Waals surface area contributed by atoms with Crippen molar-refractivity contribution in [2.45, 2.75) is 19.9 Å². The number of rotatable bonds is 5. The highest BCUT2D eigenvalue weighted by atomic mass is 35.5. The lowest BCUT2D eigenvalue weighted by Crippen LogP contribution is -2.30. The second-order valence-corrected chi connectivity index (χ2v) is 8.23. The van der Waals surface area contributed by atoms with E-state index in [4.69, 9.17) is 16.6 Å². The maximum absolute atomic E-state index is 13.6. The summed E-state index contributed by atoms with van der Waals surface area (Å²) in [5.74, 6) is 1.25. The van der Waals surface area contributed by atoms with Gasteiger partial charge in [-0.1, -0.05) is 43.6 Å². The zero-order valence-corrected chi connectivity index (χ0v) is 18.2. The quantitative estimate of drug-likeness (QED) is 0.412. The first kappa shape index (κ1) is 20.1. The van der Waals surface area contributed by atoms with Gasteiger partial charge in [-0.15, -0.1) is 0 Å². The molecule has 0 fully saturated rings. The zero-order valence-electron chi connectivity index (χ0n) is 17.5. The first-order chi connectivity index (χ1) is 15.5. The molecule has 5 rings (SSSR count). The summed E-state index contributed by atoms with van der Waals surface area (Å²) in [6.45, 7) is 4.13. The summed E-state index contributed by atoms with van der Waals surface area (Å²) >= 11 is 6.18. The lowest BCUT2D eigenvalue weighted by atomic mass is 10.0. The summed E-state index contributed by atoms with van der Waals surface area (Å²) in [7, 11) is 0. The number of hydrogen-bond acceptors (Lipinski definition) is 6. The highest BCUT2D eigenvalue weighted by Gasteiger charge is 2.25. The number of para-hydroxylation sites is 1. The van der Waals surface area contributed by atoms with Crippen LogP contribution in [0.2, 0.25) is 5.02 Å².